The molecule has 9 heteroatoms. The monoisotopic (exact) mass is 590 g/mol. The van der Waals surface area contributed by atoms with Crippen molar-refractivity contribution >= 4 is 27.8 Å². The van der Waals surface area contributed by atoms with E-state index in [4.69, 9.17) is 9.15 Å². The number of nitrogens with one attached hydrogen (secondary N) is 2. The van der Waals surface area contributed by atoms with Crippen molar-refractivity contribution in [2.24, 2.45) is 5.41 Å². The summed E-state index contributed by atoms with van der Waals surface area (Å²) in [4.78, 5) is 16.5. The number of carbonyl (C=O) groups is 1. The second-order valence-electron chi connectivity index (χ2n) is 11.7. The molecule has 5 aromatic rings. The van der Waals surface area contributed by atoms with E-state index in [1.165, 1.54) is 6.07 Å². The molecule has 3 aromatic carbocycles. The fourth-order valence-corrected chi connectivity index (χ4v) is 6.14. The zero-order chi connectivity index (χ0) is 30.4. The predicted molar refractivity (Wildman–Crippen MR) is 159 cm³/mol. The van der Waals surface area contributed by atoms with Crippen molar-refractivity contribution in [3.63, 3.8) is 0 Å². The van der Waals surface area contributed by atoms with Gasteiger partial charge in [-0.1, -0.05) is 30.3 Å². The molecular formula is C34H33F3N2O4. The molecule has 1 aliphatic rings. The maximum absolute atomic E-state index is 13.6. The van der Waals surface area contributed by atoms with Crippen molar-refractivity contribution in [2.45, 2.75) is 51.8 Å². The normalized spacial score (nSPS) is 17.0. The molecule has 1 aliphatic carbocycles. The van der Waals surface area contributed by atoms with Crippen LogP contribution in [0.3, 0.4) is 0 Å². The molecule has 1 unspecified atom stereocenters. The molecule has 1 amide bonds. The average molecular weight is 591 g/mol. The topological polar surface area (TPSA) is 87.5 Å². The maximum Gasteiger partial charge on any atom is 0.418 e. The summed E-state index contributed by atoms with van der Waals surface area (Å²) in [7, 11) is 0. The van der Waals surface area contributed by atoms with Crippen LogP contribution >= 0.6 is 0 Å². The lowest BCUT2D eigenvalue weighted by Crippen LogP contribution is -2.37. The summed E-state index contributed by atoms with van der Waals surface area (Å²) in [6, 6.07) is 19.2. The average Bonchev–Trinajstić information content (AvgIpc) is 3.58. The van der Waals surface area contributed by atoms with E-state index in [1.807, 2.05) is 50.2 Å². The Morgan fingerprint density at radius 2 is 1.93 bits per heavy atom. The largest absolute Gasteiger partial charge is 0.490 e. The van der Waals surface area contributed by atoms with E-state index < -0.39 is 17.2 Å². The van der Waals surface area contributed by atoms with Crippen LogP contribution in [0.5, 0.6) is 5.75 Å². The first kappa shape index (κ1) is 28.9. The number of para-hydroxylation sites is 2. The van der Waals surface area contributed by atoms with Gasteiger partial charge in [-0.25, -0.2) is 0 Å². The zero-order valence-electron chi connectivity index (χ0n) is 24.0. The minimum atomic E-state index is -4.47. The number of alkyl halides is 3. The summed E-state index contributed by atoms with van der Waals surface area (Å²) in [5.74, 6) is 0.766. The maximum atomic E-state index is 13.6. The standard InChI is InChI=1S/C34H33F3N2O4/c1-20(2)42-29-11-10-22(30-17-21-6-3-4-9-28(21)43-30)16-24(29)32(41)38-15-14-33(19-40)13-12-27-25(18-33)23-7-5-8-26(31(23)39-27)34(35,36)37/h3-11,16-17,20,39-40H,12-15,18-19H2,1-2H3,(H,38,41). The van der Waals surface area contributed by atoms with Gasteiger partial charge in [0.25, 0.3) is 5.91 Å². The molecule has 0 bridgehead atoms. The summed E-state index contributed by atoms with van der Waals surface area (Å²) in [5, 5.41) is 15.0. The van der Waals surface area contributed by atoms with Gasteiger partial charge in [0.15, 0.2) is 0 Å². The Bertz CT molecular complexity index is 1770. The number of ether oxygens (including phenoxy) is 1. The predicted octanol–water partition coefficient (Wildman–Crippen LogP) is 7.67. The van der Waals surface area contributed by atoms with Crippen LogP contribution in [0, 0.1) is 5.41 Å². The van der Waals surface area contributed by atoms with E-state index in [9.17, 15) is 23.1 Å². The van der Waals surface area contributed by atoms with Gasteiger partial charge in [-0.3, -0.25) is 4.79 Å². The lowest BCUT2D eigenvalue weighted by molar-refractivity contribution is -0.136. The van der Waals surface area contributed by atoms with Crippen molar-refractivity contribution in [1.82, 2.24) is 10.3 Å². The molecule has 0 spiro atoms. The van der Waals surface area contributed by atoms with Gasteiger partial charge in [0.05, 0.1) is 22.7 Å². The van der Waals surface area contributed by atoms with E-state index in [1.54, 1.807) is 18.2 Å². The van der Waals surface area contributed by atoms with Crippen LogP contribution < -0.4 is 10.1 Å². The van der Waals surface area contributed by atoms with E-state index in [-0.39, 0.29) is 30.7 Å². The van der Waals surface area contributed by atoms with Crippen LogP contribution in [0.2, 0.25) is 0 Å². The van der Waals surface area contributed by atoms with Crippen molar-refractivity contribution in [3.05, 3.63) is 89.1 Å². The lowest BCUT2D eigenvalue weighted by Gasteiger charge is -2.36. The van der Waals surface area contributed by atoms with Crippen LogP contribution in [0.1, 0.15) is 53.9 Å². The molecule has 3 N–H and O–H groups in total. The number of H-pyrrole nitrogens is 1. The van der Waals surface area contributed by atoms with Crippen LogP contribution in [0.25, 0.3) is 33.2 Å². The highest BCUT2D eigenvalue weighted by Crippen LogP contribution is 2.43. The molecule has 6 nitrogen and oxygen atoms in total. The minimum absolute atomic E-state index is 0.0871. The fourth-order valence-electron chi connectivity index (χ4n) is 6.14. The number of amides is 1. The fraction of sp³-hybridized carbons (Fsp3) is 0.324. The smallest absolute Gasteiger partial charge is 0.418 e. The molecule has 0 saturated heterocycles. The molecule has 224 valence electrons. The van der Waals surface area contributed by atoms with Crippen molar-refractivity contribution in [2.75, 3.05) is 13.2 Å². The Labute approximate surface area is 246 Å². The third-order valence-electron chi connectivity index (χ3n) is 8.37. The van der Waals surface area contributed by atoms with E-state index in [0.29, 0.717) is 48.1 Å². The number of furan rings is 1. The van der Waals surface area contributed by atoms with Crippen LogP contribution in [-0.4, -0.2) is 35.3 Å². The first-order valence-corrected chi connectivity index (χ1v) is 14.5. The molecular weight excluding hydrogens is 557 g/mol. The van der Waals surface area contributed by atoms with Crippen molar-refractivity contribution < 1.29 is 32.2 Å². The van der Waals surface area contributed by atoms with E-state index in [0.717, 1.165) is 33.9 Å². The number of aliphatic hydroxyl groups is 1. The zero-order valence-corrected chi connectivity index (χ0v) is 24.0. The number of fused-ring (bicyclic) bond motifs is 4. The highest BCUT2D eigenvalue weighted by molar-refractivity contribution is 5.98. The van der Waals surface area contributed by atoms with Crippen molar-refractivity contribution in [1.29, 1.82) is 0 Å². The number of hydrogen-bond acceptors (Lipinski definition) is 4. The Balaban J connectivity index is 1.21. The molecule has 0 saturated carbocycles. The summed E-state index contributed by atoms with van der Waals surface area (Å²) in [6.45, 7) is 3.91. The Morgan fingerprint density at radius 1 is 1.12 bits per heavy atom. The number of aromatic nitrogens is 1. The lowest BCUT2D eigenvalue weighted by atomic mass is 9.71. The second kappa shape index (κ2) is 11.1. The van der Waals surface area contributed by atoms with Crippen LogP contribution in [0.15, 0.2) is 71.1 Å². The third-order valence-corrected chi connectivity index (χ3v) is 8.37. The Morgan fingerprint density at radius 3 is 2.67 bits per heavy atom. The number of carbonyl (C=O) groups excluding carboxylic acids is 1. The molecule has 0 radical (unpaired) electrons. The van der Waals surface area contributed by atoms with Crippen molar-refractivity contribution in [3.8, 4) is 17.1 Å². The molecule has 2 aromatic heterocycles. The summed E-state index contributed by atoms with van der Waals surface area (Å²) in [5.41, 5.74) is 2.26. The van der Waals surface area contributed by atoms with Gasteiger partial charge in [0, 0.05) is 35.2 Å². The van der Waals surface area contributed by atoms with E-state index in [2.05, 4.69) is 10.3 Å². The highest BCUT2D eigenvalue weighted by Gasteiger charge is 2.38. The summed E-state index contributed by atoms with van der Waals surface area (Å²) < 4.78 is 52.9. The second-order valence-corrected chi connectivity index (χ2v) is 11.7. The molecule has 0 aliphatic heterocycles. The quantitative estimate of drug-likeness (QED) is 0.173. The van der Waals surface area contributed by atoms with Gasteiger partial charge in [-0.05, 0) is 86.9 Å². The number of aliphatic hydroxyl groups excluding tert-OH is 1. The SMILES string of the molecule is CC(C)Oc1ccc(-c2cc3ccccc3o2)cc1C(=O)NCCC1(CO)CCc2[nH]c3c(C(F)(F)F)cccc3c2C1. The Hall–Kier alpha value is -4.24. The summed E-state index contributed by atoms with van der Waals surface area (Å²) in [6.07, 6.45) is -2.63. The van der Waals surface area contributed by atoms with Gasteiger partial charge < -0.3 is 24.6 Å². The molecule has 0 fully saturated rings. The molecule has 43 heavy (non-hydrogen) atoms. The molecule has 2 heterocycles. The van der Waals surface area contributed by atoms with Gasteiger partial charge >= 0.3 is 6.18 Å². The van der Waals surface area contributed by atoms with Crippen LogP contribution in [0.4, 0.5) is 13.2 Å². The number of halogens is 3. The van der Waals surface area contributed by atoms with Crippen LogP contribution in [-0.2, 0) is 19.0 Å². The van der Waals surface area contributed by atoms with Gasteiger partial charge in [-0.15, -0.1) is 0 Å². The number of rotatable bonds is 8. The van der Waals surface area contributed by atoms with Gasteiger partial charge in [0.2, 0.25) is 0 Å². The number of hydrogen-bond donors (Lipinski definition) is 3. The highest BCUT2D eigenvalue weighted by atomic mass is 19.4. The molecule has 6 rings (SSSR count). The molecule has 1 atom stereocenters. The summed E-state index contributed by atoms with van der Waals surface area (Å²) >= 11 is 0. The number of aryl methyl sites for hydroxylation is 1. The van der Waals surface area contributed by atoms with Gasteiger partial charge in [0.1, 0.15) is 17.1 Å². The number of benzene rings is 3. The first-order chi connectivity index (χ1) is 20.6. The first-order valence-electron chi connectivity index (χ1n) is 14.5. The minimum Gasteiger partial charge on any atom is -0.490 e. The van der Waals surface area contributed by atoms with E-state index >= 15 is 0 Å². The number of aromatic amines is 1. The van der Waals surface area contributed by atoms with Gasteiger partial charge in [-0.2, -0.15) is 13.2 Å². The Kier molecular flexibility index (Phi) is 7.46. The third kappa shape index (κ3) is 5.61.